The van der Waals surface area contributed by atoms with Crippen LogP contribution in [0.4, 0.5) is 0 Å². The molecule has 0 spiro atoms. The summed E-state index contributed by atoms with van der Waals surface area (Å²) < 4.78 is 12.2. The highest BCUT2D eigenvalue weighted by molar-refractivity contribution is 6.62. The molecule has 25 heavy (non-hydrogen) atoms. The van der Waals surface area contributed by atoms with Crippen LogP contribution >= 0.6 is 0 Å². The average Bonchev–Trinajstić information content (AvgIpc) is 2.74. The van der Waals surface area contributed by atoms with Crippen LogP contribution in [-0.2, 0) is 9.31 Å². The summed E-state index contributed by atoms with van der Waals surface area (Å²) >= 11 is 0. The Morgan fingerprint density at radius 3 is 2.40 bits per heavy atom. The first kappa shape index (κ1) is 19.3. The lowest BCUT2D eigenvalue weighted by atomic mass is 9.76. The maximum Gasteiger partial charge on any atom is 0.495 e. The molecule has 1 aliphatic rings. The Bertz CT molecular complexity index is 680. The second-order valence-electron chi connectivity index (χ2n) is 7.18. The number of carbonyl (C=O) groups excluding carboxylic acids is 1. The number of aryl methyl sites for hydroxylation is 1. The van der Waals surface area contributed by atoms with Crippen molar-refractivity contribution in [2.75, 3.05) is 6.54 Å². The largest absolute Gasteiger partial charge is 0.495 e. The van der Waals surface area contributed by atoms with E-state index in [2.05, 4.69) is 5.32 Å². The van der Waals surface area contributed by atoms with Crippen molar-refractivity contribution >= 4 is 18.5 Å². The monoisotopic (exact) mass is 342 g/mol. The van der Waals surface area contributed by atoms with Crippen LogP contribution in [-0.4, -0.2) is 30.8 Å². The summed E-state index contributed by atoms with van der Waals surface area (Å²) in [6.45, 7) is 10.5. The van der Waals surface area contributed by atoms with Gasteiger partial charge in [0.05, 0.1) is 11.2 Å². The first-order valence-electron chi connectivity index (χ1n) is 8.46. The Kier molecular flexibility index (Phi) is 5.75. The molecule has 0 aliphatic carbocycles. The molecule has 1 saturated heterocycles. The molecule has 0 bridgehead atoms. The number of carbonyl (C=O) groups is 1. The van der Waals surface area contributed by atoms with Crippen molar-refractivity contribution in [3.05, 3.63) is 53.8 Å². The molecule has 0 unspecified atom stereocenters. The van der Waals surface area contributed by atoms with Gasteiger partial charge in [0, 0.05) is 12.1 Å². The van der Waals surface area contributed by atoms with Gasteiger partial charge >= 0.3 is 7.12 Å². The van der Waals surface area contributed by atoms with Crippen molar-refractivity contribution in [2.24, 2.45) is 5.73 Å². The van der Waals surface area contributed by atoms with Gasteiger partial charge < -0.3 is 20.4 Å². The van der Waals surface area contributed by atoms with E-state index in [1.54, 1.807) is 18.2 Å². The number of nitrogens with two attached hydrogens (primary N) is 1. The van der Waals surface area contributed by atoms with E-state index in [0.29, 0.717) is 12.1 Å². The van der Waals surface area contributed by atoms with Gasteiger partial charge in [0.1, 0.15) is 0 Å². The van der Waals surface area contributed by atoms with Crippen LogP contribution in [0.15, 0.2) is 42.6 Å². The summed E-state index contributed by atoms with van der Waals surface area (Å²) in [6, 6.07) is 5.56. The van der Waals surface area contributed by atoms with Gasteiger partial charge in [-0.05, 0) is 64.5 Å². The van der Waals surface area contributed by atoms with Crippen molar-refractivity contribution in [3.8, 4) is 0 Å². The van der Waals surface area contributed by atoms with Crippen LogP contribution in [0.1, 0.15) is 43.6 Å². The van der Waals surface area contributed by atoms with Crippen molar-refractivity contribution < 1.29 is 14.1 Å². The summed E-state index contributed by atoms with van der Waals surface area (Å²) in [5.74, 6) is -0.120. The van der Waals surface area contributed by atoms with Gasteiger partial charge in [-0.2, -0.15) is 0 Å². The van der Waals surface area contributed by atoms with Crippen LogP contribution in [0.5, 0.6) is 0 Å². The molecule has 1 fully saturated rings. The summed E-state index contributed by atoms with van der Waals surface area (Å²) in [5.41, 5.74) is 6.99. The Morgan fingerprint density at radius 2 is 1.84 bits per heavy atom. The molecule has 0 atom stereocenters. The number of hydrogen-bond donors (Lipinski definition) is 2. The highest BCUT2D eigenvalue weighted by Crippen LogP contribution is 2.36. The lowest BCUT2D eigenvalue weighted by molar-refractivity contribution is 0.00578. The molecule has 3 N–H and O–H groups in total. The number of allylic oxidation sites excluding steroid dienone is 2. The molecule has 5 nitrogen and oxygen atoms in total. The zero-order valence-corrected chi connectivity index (χ0v) is 15.6. The minimum Gasteiger partial charge on any atom is -0.405 e. The smallest absolute Gasteiger partial charge is 0.405 e. The summed E-state index contributed by atoms with van der Waals surface area (Å²) in [4.78, 5) is 12.2. The van der Waals surface area contributed by atoms with Crippen molar-refractivity contribution in [1.29, 1.82) is 0 Å². The average molecular weight is 342 g/mol. The van der Waals surface area contributed by atoms with E-state index >= 15 is 0 Å². The van der Waals surface area contributed by atoms with E-state index in [4.69, 9.17) is 15.0 Å². The summed E-state index contributed by atoms with van der Waals surface area (Å²) in [5, 5.41) is 2.84. The second kappa shape index (κ2) is 7.46. The molecule has 1 heterocycles. The molecule has 2 rings (SSSR count). The lowest BCUT2D eigenvalue weighted by Crippen LogP contribution is -2.41. The van der Waals surface area contributed by atoms with Crippen molar-refractivity contribution in [2.45, 2.75) is 45.8 Å². The van der Waals surface area contributed by atoms with E-state index in [-0.39, 0.29) is 17.1 Å². The molecular formula is C19H27BN2O3. The fraction of sp³-hybridized carbons (Fsp3) is 0.421. The highest BCUT2D eigenvalue weighted by atomic mass is 16.7. The molecule has 1 aromatic rings. The van der Waals surface area contributed by atoms with Gasteiger partial charge in [0.25, 0.3) is 5.91 Å². The van der Waals surface area contributed by atoms with Gasteiger partial charge in [0.15, 0.2) is 0 Å². The predicted molar refractivity (Wildman–Crippen MR) is 102 cm³/mol. The quantitative estimate of drug-likeness (QED) is 0.635. The summed E-state index contributed by atoms with van der Waals surface area (Å²) in [7, 11) is -0.423. The Morgan fingerprint density at radius 1 is 1.20 bits per heavy atom. The van der Waals surface area contributed by atoms with Crippen LogP contribution in [0.3, 0.4) is 0 Å². The number of rotatable bonds is 5. The van der Waals surface area contributed by atoms with E-state index in [0.717, 1.165) is 11.0 Å². The second-order valence-corrected chi connectivity index (χ2v) is 7.18. The first-order chi connectivity index (χ1) is 11.7. The number of hydrogen-bond acceptors (Lipinski definition) is 4. The Hall–Kier alpha value is -2.05. The minimum atomic E-state index is -0.423. The van der Waals surface area contributed by atoms with Crippen LogP contribution in [0.25, 0.3) is 0 Å². The van der Waals surface area contributed by atoms with Gasteiger partial charge in [-0.1, -0.05) is 23.8 Å². The van der Waals surface area contributed by atoms with E-state index in [1.807, 2.05) is 52.8 Å². The molecule has 1 aromatic carbocycles. The molecule has 0 radical (unpaired) electrons. The van der Waals surface area contributed by atoms with Gasteiger partial charge in [-0.25, -0.2) is 0 Å². The number of amides is 1. The fourth-order valence-electron chi connectivity index (χ4n) is 2.52. The van der Waals surface area contributed by atoms with Crippen LogP contribution in [0, 0.1) is 6.92 Å². The van der Waals surface area contributed by atoms with Gasteiger partial charge in [0.2, 0.25) is 0 Å². The predicted octanol–water partition coefficient (Wildman–Crippen LogP) is 2.05. The zero-order chi connectivity index (χ0) is 18.7. The van der Waals surface area contributed by atoms with Crippen molar-refractivity contribution in [3.63, 3.8) is 0 Å². The van der Waals surface area contributed by atoms with E-state index < -0.39 is 7.12 Å². The molecule has 0 saturated carbocycles. The number of nitrogens with one attached hydrogen (secondary N) is 1. The van der Waals surface area contributed by atoms with Gasteiger partial charge in [-0.3, -0.25) is 4.79 Å². The Labute approximate surface area is 150 Å². The molecule has 1 amide bonds. The maximum absolute atomic E-state index is 12.2. The first-order valence-corrected chi connectivity index (χ1v) is 8.46. The third-order valence-corrected chi connectivity index (χ3v) is 4.78. The molecule has 1 aliphatic heterocycles. The van der Waals surface area contributed by atoms with E-state index in [1.165, 1.54) is 6.20 Å². The topological polar surface area (TPSA) is 73.6 Å². The minimum absolute atomic E-state index is 0.120. The lowest BCUT2D eigenvalue weighted by Gasteiger charge is -2.32. The number of benzene rings is 1. The van der Waals surface area contributed by atoms with E-state index in [9.17, 15) is 4.79 Å². The third kappa shape index (κ3) is 4.33. The SMILES string of the molecule is Cc1cc(C(=O)NC/C=C\C=C/N)ccc1B1OC(C)(C)C(C)(C)O1. The molecular weight excluding hydrogens is 315 g/mol. The highest BCUT2D eigenvalue weighted by Gasteiger charge is 2.52. The maximum atomic E-state index is 12.2. The molecule has 134 valence electrons. The van der Waals surface area contributed by atoms with Crippen LogP contribution in [0.2, 0.25) is 0 Å². The standard InChI is InChI=1S/C19H27BN2O3/c1-14-13-15(17(23)22-12-8-6-7-11-21)9-10-16(14)20-24-18(2,3)19(4,5)25-20/h6-11,13H,12,21H2,1-5H3,(H,22,23)/b8-6-,11-7-. The third-order valence-electron chi connectivity index (χ3n) is 4.78. The normalized spacial score (nSPS) is 19.0. The summed E-state index contributed by atoms with van der Waals surface area (Å²) in [6.07, 6.45) is 6.76. The zero-order valence-electron chi connectivity index (χ0n) is 15.6. The van der Waals surface area contributed by atoms with Gasteiger partial charge in [-0.15, -0.1) is 0 Å². The van der Waals surface area contributed by atoms with Crippen LogP contribution < -0.4 is 16.5 Å². The molecule has 0 aromatic heterocycles. The molecule has 6 heteroatoms. The Balaban J connectivity index is 2.07. The van der Waals surface area contributed by atoms with Crippen molar-refractivity contribution in [1.82, 2.24) is 5.32 Å². The fourth-order valence-corrected chi connectivity index (χ4v) is 2.52.